The number of halogens is 1. The lowest BCUT2D eigenvalue weighted by molar-refractivity contribution is 0.0920. The third-order valence-corrected chi connectivity index (χ3v) is 3.42. The maximum Gasteiger partial charge on any atom is 0.200 e. The molecule has 0 fully saturated rings. The second kappa shape index (κ2) is 6.10. The zero-order chi connectivity index (χ0) is 14.7. The number of aryl methyl sites for hydroxylation is 3. The number of ketones is 1. The summed E-state index contributed by atoms with van der Waals surface area (Å²) in [6.07, 6.45) is 0. The van der Waals surface area contributed by atoms with Crippen LogP contribution in [0.4, 0.5) is 0 Å². The fraction of sp³-hybridized carbons (Fsp3) is 0.235. The van der Waals surface area contributed by atoms with E-state index in [1.807, 2.05) is 45.0 Å². The highest BCUT2D eigenvalue weighted by molar-refractivity contribution is 6.30. The zero-order valence-corrected chi connectivity index (χ0v) is 12.6. The summed E-state index contributed by atoms with van der Waals surface area (Å²) >= 11 is 5.89. The minimum absolute atomic E-state index is 0.0134. The Labute approximate surface area is 124 Å². The molecular formula is C17H17ClO2. The molecule has 0 aliphatic carbocycles. The van der Waals surface area contributed by atoms with E-state index in [2.05, 4.69) is 0 Å². The molecule has 0 aliphatic rings. The molecule has 2 aromatic carbocycles. The molecule has 0 amide bonds. The monoisotopic (exact) mass is 288 g/mol. The Morgan fingerprint density at radius 3 is 2.50 bits per heavy atom. The van der Waals surface area contributed by atoms with Crippen LogP contribution in [-0.4, -0.2) is 12.4 Å². The van der Waals surface area contributed by atoms with Gasteiger partial charge in [-0.3, -0.25) is 4.79 Å². The minimum atomic E-state index is -0.0134. The number of benzene rings is 2. The minimum Gasteiger partial charge on any atom is -0.485 e. The van der Waals surface area contributed by atoms with Crippen LogP contribution in [0.3, 0.4) is 0 Å². The molecule has 0 spiro atoms. The summed E-state index contributed by atoms with van der Waals surface area (Å²) in [5, 5.41) is 0.663. The largest absolute Gasteiger partial charge is 0.485 e. The van der Waals surface area contributed by atoms with Gasteiger partial charge in [-0.1, -0.05) is 29.3 Å². The number of rotatable bonds is 4. The number of carbonyl (C=O) groups excluding carboxylic acids is 1. The molecule has 0 bridgehead atoms. The van der Waals surface area contributed by atoms with Gasteiger partial charge in [0.1, 0.15) is 5.75 Å². The van der Waals surface area contributed by atoms with Crippen LogP contribution in [0, 0.1) is 20.8 Å². The third-order valence-electron chi connectivity index (χ3n) is 3.19. The number of carbonyl (C=O) groups is 1. The van der Waals surface area contributed by atoms with Crippen LogP contribution >= 0.6 is 11.6 Å². The van der Waals surface area contributed by atoms with Crippen LogP contribution in [0.25, 0.3) is 0 Å². The second-order valence-electron chi connectivity index (χ2n) is 4.94. The summed E-state index contributed by atoms with van der Waals surface area (Å²) in [5.74, 6) is 0.675. The molecule has 3 heteroatoms. The Morgan fingerprint density at radius 2 is 1.80 bits per heavy atom. The van der Waals surface area contributed by atoms with Gasteiger partial charge in [0.25, 0.3) is 0 Å². The van der Waals surface area contributed by atoms with Gasteiger partial charge in [-0.05, 0) is 56.2 Å². The standard InChI is InChI=1S/C17H17ClO2/c1-11-4-5-12(2)15(8-11)16(19)10-20-17-7-6-14(18)9-13(17)3/h4-9H,10H2,1-3H3. The van der Waals surface area contributed by atoms with Crippen LogP contribution < -0.4 is 4.74 Å². The first-order chi connectivity index (χ1) is 9.47. The van der Waals surface area contributed by atoms with Gasteiger partial charge in [0, 0.05) is 10.6 Å². The van der Waals surface area contributed by atoms with Gasteiger partial charge in [0.15, 0.2) is 12.4 Å². The molecule has 0 unspecified atom stereocenters. The SMILES string of the molecule is Cc1ccc(C)c(C(=O)COc2ccc(Cl)cc2C)c1. The van der Waals surface area contributed by atoms with Crippen molar-refractivity contribution in [2.75, 3.05) is 6.61 Å². The lowest BCUT2D eigenvalue weighted by Crippen LogP contribution is -2.13. The van der Waals surface area contributed by atoms with E-state index in [0.717, 1.165) is 22.3 Å². The highest BCUT2D eigenvalue weighted by atomic mass is 35.5. The van der Waals surface area contributed by atoms with Gasteiger partial charge in [0.2, 0.25) is 0 Å². The lowest BCUT2D eigenvalue weighted by Gasteiger charge is -2.10. The predicted octanol–water partition coefficient (Wildman–Crippen LogP) is 4.53. The highest BCUT2D eigenvalue weighted by Gasteiger charge is 2.11. The van der Waals surface area contributed by atoms with Crippen molar-refractivity contribution in [2.24, 2.45) is 0 Å². The van der Waals surface area contributed by atoms with Crippen molar-refractivity contribution in [3.05, 3.63) is 63.7 Å². The van der Waals surface area contributed by atoms with Gasteiger partial charge in [-0.2, -0.15) is 0 Å². The Hall–Kier alpha value is -1.80. The summed E-state index contributed by atoms with van der Waals surface area (Å²) in [6, 6.07) is 11.2. The molecule has 0 radical (unpaired) electrons. The molecule has 0 N–H and O–H groups in total. The maximum absolute atomic E-state index is 12.2. The van der Waals surface area contributed by atoms with Crippen molar-refractivity contribution < 1.29 is 9.53 Å². The van der Waals surface area contributed by atoms with Crippen LogP contribution in [-0.2, 0) is 0 Å². The molecule has 20 heavy (non-hydrogen) atoms. The summed E-state index contributed by atoms with van der Waals surface area (Å²) in [7, 11) is 0. The first-order valence-electron chi connectivity index (χ1n) is 6.47. The topological polar surface area (TPSA) is 26.3 Å². The first-order valence-corrected chi connectivity index (χ1v) is 6.84. The van der Waals surface area contributed by atoms with Crippen LogP contribution in [0.5, 0.6) is 5.75 Å². The average Bonchev–Trinajstić information content (AvgIpc) is 2.40. The van der Waals surface area contributed by atoms with Gasteiger partial charge in [-0.25, -0.2) is 0 Å². The molecule has 0 saturated heterocycles. The lowest BCUT2D eigenvalue weighted by atomic mass is 10.0. The van der Waals surface area contributed by atoms with Crippen molar-refractivity contribution in [1.82, 2.24) is 0 Å². The first kappa shape index (κ1) is 14.6. The van der Waals surface area contributed by atoms with Crippen molar-refractivity contribution in [2.45, 2.75) is 20.8 Å². The molecule has 104 valence electrons. The third kappa shape index (κ3) is 3.40. The maximum atomic E-state index is 12.2. The average molecular weight is 289 g/mol. The number of hydrogen-bond donors (Lipinski definition) is 0. The fourth-order valence-electron chi connectivity index (χ4n) is 2.03. The van der Waals surface area contributed by atoms with Crippen LogP contribution in [0.2, 0.25) is 5.02 Å². The van der Waals surface area contributed by atoms with E-state index in [0.29, 0.717) is 10.8 Å². The summed E-state index contributed by atoms with van der Waals surface area (Å²) in [6.45, 7) is 5.84. The zero-order valence-electron chi connectivity index (χ0n) is 11.9. The molecule has 0 aliphatic heterocycles. The molecule has 0 aromatic heterocycles. The van der Waals surface area contributed by atoms with Gasteiger partial charge < -0.3 is 4.74 Å². The van der Waals surface area contributed by atoms with E-state index in [1.54, 1.807) is 12.1 Å². The van der Waals surface area contributed by atoms with E-state index in [-0.39, 0.29) is 12.4 Å². The van der Waals surface area contributed by atoms with E-state index in [4.69, 9.17) is 16.3 Å². The molecule has 2 rings (SSSR count). The van der Waals surface area contributed by atoms with Crippen LogP contribution in [0.1, 0.15) is 27.0 Å². The normalized spacial score (nSPS) is 10.4. The molecular weight excluding hydrogens is 272 g/mol. The van der Waals surface area contributed by atoms with E-state index in [9.17, 15) is 4.79 Å². The van der Waals surface area contributed by atoms with Gasteiger partial charge >= 0.3 is 0 Å². The van der Waals surface area contributed by atoms with Crippen molar-refractivity contribution >= 4 is 17.4 Å². The number of Topliss-reactive ketones (excluding diaryl/α,β-unsaturated/α-hetero) is 1. The van der Waals surface area contributed by atoms with Crippen molar-refractivity contribution in [1.29, 1.82) is 0 Å². The van der Waals surface area contributed by atoms with Crippen molar-refractivity contribution in [3.63, 3.8) is 0 Å². The van der Waals surface area contributed by atoms with E-state index < -0.39 is 0 Å². The molecule has 0 heterocycles. The molecule has 0 saturated carbocycles. The molecule has 2 aromatic rings. The quantitative estimate of drug-likeness (QED) is 0.773. The smallest absolute Gasteiger partial charge is 0.200 e. The van der Waals surface area contributed by atoms with E-state index in [1.165, 1.54) is 0 Å². The van der Waals surface area contributed by atoms with Gasteiger partial charge in [-0.15, -0.1) is 0 Å². The molecule has 0 atom stereocenters. The highest BCUT2D eigenvalue weighted by Crippen LogP contribution is 2.22. The Morgan fingerprint density at radius 1 is 1.05 bits per heavy atom. The summed E-state index contributed by atoms with van der Waals surface area (Å²) in [4.78, 5) is 12.2. The summed E-state index contributed by atoms with van der Waals surface area (Å²) < 4.78 is 5.59. The van der Waals surface area contributed by atoms with Crippen LogP contribution in [0.15, 0.2) is 36.4 Å². The Kier molecular flexibility index (Phi) is 4.46. The Bertz CT molecular complexity index is 647. The second-order valence-corrected chi connectivity index (χ2v) is 5.38. The number of hydrogen-bond acceptors (Lipinski definition) is 2. The fourth-order valence-corrected chi connectivity index (χ4v) is 2.26. The number of ether oxygens (including phenoxy) is 1. The molecule has 2 nitrogen and oxygen atoms in total. The van der Waals surface area contributed by atoms with Gasteiger partial charge in [0.05, 0.1) is 0 Å². The van der Waals surface area contributed by atoms with E-state index >= 15 is 0 Å². The Balaban J connectivity index is 2.10. The van der Waals surface area contributed by atoms with Crippen molar-refractivity contribution in [3.8, 4) is 5.75 Å². The predicted molar refractivity (Wildman–Crippen MR) is 81.9 cm³/mol. The summed E-state index contributed by atoms with van der Waals surface area (Å²) in [5.41, 5.74) is 3.68.